The lowest BCUT2D eigenvalue weighted by Gasteiger charge is -2.10. The van der Waals surface area contributed by atoms with Crippen molar-refractivity contribution >= 4 is 16.9 Å². The standard InChI is InChI=1S/C16H24N4O/c1-3-17-16(18-9-10-21-4-2)19-12-14-11-13-7-5-6-8-15(13)20-14/h5-8,11,20H,3-4,9-10,12H2,1-2H3,(H2,17,18,19). The molecule has 0 aliphatic rings. The molecule has 21 heavy (non-hydrogen) atoms. The van der Waals surface area contributed by atoms with Gasteiger partial charge in [0.15, 0.2) is 5.96 Å². The topological polar surface area (TPSA) is 61.4 Å². The molecule has 2 aromatic rings. The summed E-state index contributed by atoms with van der Waals surface area (Å²) in [4.78, 5) is 7.97. The molecule has 5 nitrogen and oxygen atoms in total. The minimum Gasteiger partial charge on any atom is -0.380 e. The SMILES string of the molecule is CCNC(=NCc1cc2ccccc2[nH]1)NCCOCC. The van der Waals surface area contributed by atoms with Gasteiger partial charge in [-0.2, -0.15) is 0 Å². The molecule has 1 heterocycles. The molecule has 0 atom stereocenters. The van der Waals surface area contributed by atoms with Crippen molar-refractivity contribution in [3.63, 3.8) is 0 Å². The molecular weight excluding hydrogens is 264 g/mol. The monoisotopic (exact) mass is 288 g/mol. The van der Waals surface area contributed by atoms with Gasteiger partial charge in [0.25, 0.3) is 0 Å². The third-order valence-corrected chi connectivity index (χ3v) is 3.08. The third kappa shape index (κ3) is 4.79. The Labute approximate surface area is 125 Å². The summed E-state index contributed by atoms with van der Waals surface area (Å²) < 4.78 is 5.31. The molecule has 0 aliphatic carbocycles. The van der Waals surface area contributed by atoms with Crippen LogP contribution in [0, 0.1) is 0 Å². The molecule has 0 fully saturated rings. The molecule has 0 saturated heterocycles. The van der Waals surface area contributed by atoms with E-state index in [1.165, 1.54) is 5.39 Å². The summed E-state index contributed by atoms with van der Waals surface area (Å²) in [6.07, 6.45) is 0. The van der Waals surface area contributed by atoms with Gasteiger partial charge in [-0.3, -0.25) is 0 Å². The van der Waals surface area contributed by atoms with Gasteiger partial charge in [-0.15, -0.1) is 0 Å². The van der Waals surface area contributed by atoms with Crippen molar-refractivity contribution in [3.8, 4) is 0 Å². The van der Waals surface area contributed by atoms with Gasteiger partial charge < -0.3 is 20.4 Å². The number of para-hydroxylation sites is 1. The molecule has 5 heteroatoms. The van der Waals surface area contributed by atoms with Gasteiger partial charge >= 0.3 is 0 Å². The predicted molar refractivity (Wildman–Crippen MR) is 87.6 cm³/mol. The average molecular weight is 288 g/mol. The number of hydrogen-bond acceptors (Lipinski definition) is 2. The zero-order chi connectivity index (χ0) is 14.9. The minimum absolute atomic E-state index is 0.624. The molecule has 0 saturated carbocycles. The van der Waals surface area contributed by atoms with Gasteiger partial charge in [0.2, 0.25) is 0 Å². The Morgan fingerprint density at radius 1 is 1.24 bits per heavy atom. The van der Waals surface area contributed by atoms with E-state index in [2.05, 4.69) is 45.7 Å². The average Bonchev–Trinajstić information content (AvgIpc) is 2.92. The highest BCUT2D eigenvalue weighted by molar-refractivity contribution is 5.81. The van der Waals surface area contributed by atoms with Crippen LogP contribution in [-0.2, 0) is 11.3 Å². The highest BCUT2D eigenvalue weighted by Gasteiger charge is 2.00. The van der Waals surface area contributed by atoms with Crippen LogP contribution in [0.5, 0.6) is 0 Å². The first-order valence-electron chi connectivity index (χ1n) is 7.50. The van der Waals surface area contributed by atoms with Crippen molar-refractivity contribution in [3.05, 3.63) is 36.0 Å². The molecule has 0 spiro atoms. The molecule has 0 unspecified atom stereocenters. The number of ether oxygens (including phenoxy) is 1. The summed E-state index contributed by atoms with van der Waals surface area (Å²) in [5.74, 6) is 0.816. The summed E-state index contributed by atoms with van der Waals surface area (Å²) in [6.45, 7) is 7.70. The highest BCUT2D eigenvalue weighted by Crippen LogP contribution is 2.14. The van der Waals surface area contributed by atoms with Crippen LogP contribution in [-0.4, -0.2) is 37.2 Å². The summed E-state index contributed by atoms with van der Waals surface area (Å²) in [5, 5.41) is 7.71. The summed E-state index contributed by atoms with van der Waals surface area (Å²) in [5.41, 5.74) is 2.26. The number of aromatic nitrogens is 1. The van der Waals surface area contributed by atoms with Crippen LogP contribution in [0.15, 0.2) is 35.3 Å². The van der Waals surface area contributed by atoms with E-state index in [-0.39, 0.29) is 0 Å². The number of hydrogen-bond donors (Lipinski definition) is 3. The maximum Gasteiger partial charge on any atom is 0.191 e. The Morgan fingerprint density at radius 3 is 2.86 bits per heavy atom. The van der Waals surface area contributed by atoms with Crippen molar-refractivity contribution < 1.29 is 4.74 Å². The van der Waals surface area contributed by atoms with Crippen molar-refractivity contribution in [1.29, 1.82) is 0 Å². The summed E-state index contributed by atoms with van der Waals surface area (Å²) >= 11 is 0. The van der Waals surface area contributed by atoms with E-state index >= 15 is 0 Å². The van der Waals surface area contributed by atoms with E-state index in [1.54, 1.807) is 0 Å². The summed E-state index contributed by atoms with van der Waals surface area (Å²) in [7, 11) is 0. The van der Waals surface area contributed by atoms with Crippen LogP contribution >= 0.6 is 0 Å². The second-order valence-electron chi connectivity index (χ2n) is 4.70. The van der Waals surface area contributed by atoms with Crippen molar-refractivity contribution in [1.82, 2.24) is 15.6 Å². The molecule has 114 valence electrons. The number of nitrogens with zero attached hydrogens (tertiary/aromatic N) is 1. The van der Waals surface area contributed by atoms with E-state index in [1.807, 2.05) is 19.1 Å². The first-order valence-corrected chi connectivity index (χ1v) is 7.50. The summed E-state index contributed by atoms with van der Waals surface area (Å²) in [6, 6.07) is 10.4. The Hall–Kier alpha value is -2.01. The molecule has 1 aromatic heterocycles. The number of aromatic amines is 1. The lowest BCUT2D eigenvalue weighted by atomic mass is 10.2. The van der Waals surface area contributed by atoms with Gasteiger partial charge in [-0.25, -0.2) is 4.99 Å². The number of fused-ring (bicyclic) bond motifs is 1. The number of rotatable bonds is 7. The molecule has 3 N–H and O–H groups in total. The second-order valence-corrected chi connectivity index (χ2v) is 4.70. The maximum absolute atomic E-state index is 5.31. The first kappa shape index (κ1) is 15.4. The molecule has 0 bridgehead atoms. The van der Waals surface area contributed by atoms with Crippen molar-refractivity contribution in [2.75, 3.05) is 26.3 Å². The molecule has 2 rings (SSSR count). The van der Waals surface area contributed by atoms with Crippen LogP contribution in [0.4, 0.5) is 0 Å². The van der Waals surface area contributed by atoms with Crippen LogP contribution < -0.4 is 10.6 Å². The Kier molecular flexibility index (Phi) is 6.09. The fraction of sp³-hybridized carbons (Fsp3) is 0.438. The number of nitrogens with one attached hydrogen (secondary N) is 3. The quantitative estimate of drug-likeness (QED) is 0.416. The van der Waals surface area contributed by atoms with Gasteiger partial charge in [0.05, 0.1) is 13.2 Å². The van der Waals surface area contributed by atoms with E-state index in [0.29, 0.717) is 13.2 Å². The van der Waals surface area contributed by atoms with Crippen LogP contribution in [0.25, 0.3) is 10.9 Å². The molecule has 0 amide bonds. The predicted octanol–water partition coefficient (Wildman–Crippen LogP) is 2.26. The fourth-order valence-electron chi connectivity index (χ4n) is 2.11. The second kappa shape index (κ2) is 8.32. The van der Waals surface area contributed by atoms with E-state index in [4.69, 9.17) is 4.74 Å². The highest BCUT2D eigenvalue weighted by atomic mass is 16.5. The van der Waals surface area contributed by atoms with E-state index < -0.39 is 0 Å². The smallest absolute Gasteiger partial charge is 0.191 e. The van der Waals surface area contributed by atoms with Crippen LogP contribution in [0.2, 0.25) is 0 Å². The van der Waals surface area contributed by atoms with E-state index in [0.717, 1.165) is 36.9 Å². The largest absolute Gasteiger partial charge is 0.380 e. The van der Waals surface area contributed by atoms with Gasteiger partial charge in [0.1, 0.15) is 0 Å². The lowest BCUT2D eigenvalue weighted by molar-refractivity contribution is 0.152. The van der Waals surface area contributed by atoms with Gasteiger partial charge in [0, 0.05) is 30.9 Å². The Bertz CT molecular complexity index is 543. The Balaban J connectivity index is 1.94. The molecule has 0 radical (unpaired) electrons. The Morgan fingerprint density at radius 2 is 2.10 bits per heavy atom. The zero-order valence-electron chi connectivity index (χ0n) is 12.8. The van der Waals surface area contributed by atoms with Crippen LogP contribution in [0.1, 0.15) is 19.5 Å². The normalized spacial score (nSPS) is 11.8. The lowest BCUT2D eigenvalue weighted by Crippen LogP contribution is -2.39. The van der Waals surface area contributed by atoms with Gasteiger partial charge in [-0.1, -0.05) is 18.2 Å². The molecule has 1 aromatic carbocycles. The maximum atomic E-state index is 5.31. The third-order valence-electron chi connectivity index (χ3n) is 3.08. The fourth-order valence-corrected chi connectivity index (χ4v) is 2.11. The number of guanidine groups is 1. The molecular formula is C16H24N4O. The number of H-pyrrole nitrogens is 1. The molecule has 0 aliphatic heterocycles. The van der Waals surface area contributed by atoms with Gasteiger partial charge in [-0.05, 0) is 31.4 Å². The first-order chi connectivity index (χ1) is 10.3. The van der Waals surface area contributed by atoms with E-state index in [9.17, 15) is 0 Å². The minimum atomic E-state index is 0.624. The number of aliphatic imine (C=N–C) groups is 1. The zero-order valence-corrected chi connectivity index (χ0v) is 12.8. The van der Waals surface area contributed by atoms with Crippen LogP contribution in [0.3, 0.4) is 0 Å². The van der Waals surface area contributed by atoms with Crippen molar-refractivity contribution in [2.24, 2.45) is 4.99 Å². The van der Waals surface area contributed by atoms with Crippen molar-refractivity contribution in [2.45, 2.75) is 20.4 Å². The number of benzene rings is 1.